The third-order valence-electron chi connectivity index (χ3n) is 3.71. The standard InChI is InChI=1S/C21H18N2O6/c1-26-18(21(24)25)12-17-19(27-2)22-13-23-20(17)29-16-10-6-9-15(11-16)28-14-7-4-3-5-8-14/h3-13H,1-2H3,(H,24,25). The van der Waals surface area contributed by atoms with Crippen LogP contribution >= 0.6 is 0 Å². The fourth-order valence-electron chi connectivity index (χ4n) is 2.41. The molecule has 8 nitrogen and oxygen atoms in total. The van der Waals surface area contributed by atoms with E-state index in [2.05, 4.69) is 9.97 Å². The van der Waals surface area contributed by atoms with Gasteiger partial charge in [0, 0.05) is 12.1 Å². The Balaban J connectivity index is 1.92. The number of ether oxygens (including phenoxy) is 4. The lowest BCUT2D eigenvalue weighted by atomic mass is 10.2. The molecule has 148 valence electrons. The average Bonchev–Trinajstić information content (AvgIpc) is 2.73. The number of hydrogen-bond donors (Lipinski definition) is 1. The molecule has 2 aromatic carbocycles. The van der Waals surface area contributed by atoms with Crippen LogP contribution in [0.2, 0.25) is 0 Å². The van der Waals surface area contributed by atoms with Crippen LogP contribution in [0.25, 0.3) is 6.08 Å². The van der Waals surface area contributed by atoms with Crippen molar-refractivity contribution in [2.45, 2.75) is 0 Å². The minimum atomic E-state index is -1.25. The normalized spacial score (nSPS) is 10.9. The number of carbonyl (C=O) groups is 1. The average molecular weight is 394 g/mol. The number of benzene rings is 2. The van der Waals surface area contributed by atoms with Gasteiger partial charge in [0.1, 0.15) is 29.1 Å². The molecule has 0 atom stereocenters. The van der Waals surface area contributed by atoms with Crippen molar-refractivity contribution in [1.82, 2.24) is 9.97 Å². The molecule has 0 spiro atoms. The van der Waals surface area contributed by atoms with Gasteiger partial charge in [-0.05, 0) is 24.3 Å². The molecule has 0 aliphatic carbocycles. The van der Waals surface area contributed by atoms with Crippen molar-refractivity contribution in [3.63, 3.8) is 0 Å². The molecule has 0 fully saturated rings. The highest BCUT2D eigenvalue weighted by atomic mass is 16.5. The van der Waals surface area contributed by atoms with Crippen LogP contribution < -0.4 is 14.2 Å². The molecule has 3 aromatic rings. The monoisotopic (exact) mass is 394 g/mol. The van der Waals surface area contributed by atoms with E-state index in [0.717, 1.165) is 0 Å². The maximum atomic E-state index is 11.3. The van der Waals surface area contributed by atoms with Crippen LogP contribution in [0.15, 0.2) is 66.7 Å². The number of para-hydroxylation sites is 1. The molecule has 0 saturated carbocycles. The first-order chi connectivity index (χ1) is 14.1. The first-order valence-electron chi connectivity index (χ1n) is 8.49. The van der Waals surface area contributed by atoms with Crippen LogP contribution in [0.1, 0.15) is 5.56 Å². The topological polar surface area (TPSA) is 100 Å². The zero-order valence-corrected chi connectivity index (χ0v) is 15.7. The lowest BCUT2D eigenvalue weighted by molar-refractivity contribution is -0.135. The Morgan fingerprint density at radius 2 is 1.55 bits per heavy atom. The maximum absolute atomic E-state index is 11.3. The second kappa shape index (κ2) is 9.23. The van der Waals surface area contributed by atoms with E-state index in [1.54, 1.807) is 24.3 Å². The lowest BCUT2D eigenvalue weighted by Gasteiger charge is -2.12. The van der Waals surface area contributed by atoms with E-state index in [4.69, 9.17) is 18.9 Å². The zero-order chi connectivity index (χ0) is 20.6. The molecule has 0 aliphatic rings. The molecule has 0 radical (unpaired) electrons. The number of aliphatic carboxylic acids is 1. The molecule has 1 heterocycles. The first kappa shape index (κ1) is 19.7. The smallest absolute Gasteiger partial charge is 0.371 e. The summed E-state index contributed by atoms with van der Waals surface area (Å²) in [5, 5.41) is 9.22. The van der Waals surface area contributed by atoms with Crippen LogP contribution in [0.5, 0.6) is 29.0 Å². The van der Waals surface area contributed by atoms with E-state index in [1.165, 1.54) is 26.6 Å². The third-order valence-corrected chi connectivity index (χ3v) is 3.71. The fourth-order valence-corrected chi connectivity index (χ4v) is 2.41. The van der Waals surface area contributed by atoms with Gasteiger partial charge in [-0.25, -0.2) is 14.8 Å². The Morgan fingerprint density at radius 3 is 2.21 bits per heavy atom. The predicted molar refractivity (Wildman–Crippen MR) is 104 cm³/mol. The molecule has 0 unspecified atom stereocenters. The van der Waals surface area contributed by atoms with E-state index in [-0.39, 0.29) is 23.1 Å². The second-order valence-corrected chi connectivity index (χ2v) is 5.61. The Hall–Kier alpha value is -4.07. The fraction of sp³-hybridized carbons (Fsp3) is 0.0952. The van der Waals surface area contributed by atoms with E-state index in [0.29, 0.717) is 17.2 Å². The quantitative estimate of drug-likeness (QED) is 0.449. The summed E-state index contributed by atoms with van der Waals surface area (Å²) in [4.78, 5) is 19.4. The minimum Gasteiger partial charge on any atom is -0.490 e. The van der Waals surface area contributed by atoms with Crippen LogP contribution in [0, 0.1) is 0 Å². The molecular formula is C21H18N2O6. The Morgan fingerprint density at radius 1 is 0.897 bits per heavy atom. The largest absolute Gasteiger partial charge is 0.490 e. The Bertz CT molecular complexity index is 1020. The summed E-state index contributed by atoms with van der Waals surface area (Å²) in [6.07, 6.45) is 2.49. The van der Waals surface area contributed by atoms with Gasteiger partial charge in [-0.3, -0.25) is 0 Å². The van der Waals surface area contributed by atoms with Crippen LogP contribution in [0.4, 0.5) is 0 Å². The van der Waals surface area contributed by atoms with Crippen molar-refractivity contribution in [2.75, 3.05) is 14.2 Å². The maximum Gasteiger partial charge on any atom is 0.371 e. The number of methoxy groups -OCH3 is 2. The zero-order valence-electron chi connectivity index (χ0n) is 15.7. The summed E-state index contributed by atoms with van der Waals surface area (Å²) < 4.78 is 21.7. The van der Waals surface area contributed by atoms with Crippen molar-refractivity contribution < 1.29 is 28.8 Å². The highest BCUT2D eigenvalue weighted by Crippen LogP contribution is 2.32. The van der Waals surface area contributed by atoms with Gasteiger partial charge in [-0.2, -0.15) is 0 Å². The summed E-state index contributed by atoms with van der Waals surface area (Å²) in [7, 11) is 2.66. The second-order valence-electron chi connectivity index (χ2n) is 5.61. The van der Waals surface area contributed by atoms with Gasteiger partial charge >= 0.3 is 5.97 Å². The van der Waals surface area contributed by atoms with Gasteiger partial charge in [0.05, 0.1) is 14.2 Å². The van der Waals surface area contributed by atoms with Gasteiger partial charge in [0.15, 0.2) is 0 Å². The summed E-state index contributed by atoms with van der Waals surface area (Å²) in [5.74, 6) is 0.361. The summed E-state index contributed by atoms with van der Waals surface area (Å²) in [6, 6.07) is 16.3. The number of hydrogen-bond acceptors (Lipinski definition) is 7. The number of carboxylic acid groups (broad SMARTS) is 1. The first-order valence-corrected chi connectivity index (χ1v) is 8.49. The summed E-state index contributed by atoms with van der Waals surface area (Å²) in [6.45, 7) is 0. The summed E-state index contributed by atoms with van der Waals surface area (Å²) in [5.41, 5.74) is 0.226. The van der Waals surface area contributed by atoms with Crippen molar-refractivity contribution >= 4 is 12.0 Å². The highest BCUT2D eigenvalue weighted by molar-refractivity contribution is 5.90. The molecule has 1 aromatic heterocycles. The van der Waals surface area contributed by atoms with E-state index >= 15 is 0 Å². The van der Waals surface area contributed by atoms with Crippen LogP contribution in [-0.4, -0.2) is 35.3 Å². The van der Waals surface area contributed by atoms with Crippen molar-refractivity contribution in [1.29, 1.82) is 0 Å². The van der Waals surface area contributed by atoms with E-state index < -0.39 is 5.97 Å². The number of nitrogens with zero attached hydrogens (tertiary/aromatic N) is 2. The molecule has 8 heteroatoms. The van der Waals surface area contributed by atoms with Crippen molar-refractivity contribution in [3.8, 4) is 29.0 Å². The molecule has 1 N–H and O–H groups in total. The lowest BCUT2D eigenvalue weighted by Crippen LogP contribution is -2.04. The van der Waals surface area contributed by atoms with Gasteiger partial charge in [0.25, 0.3) is 0 Å². The van der Waals surface area contributed by atoms with Gasteiger partial charge in [0.2, 0.25) is 17.5 Å². The molecule has 0 saturated heterocycles. The van der Waals surface area contributed by atoms with Crippen LogP contribution in [0.3, 0.4) is 0 Å². The minimum absolute atomic E-state index is 0.101. The van der Waals surface area contributed by atoms with E-state index in [1.807, 2.05) is 30.3 Å². The summed E-state index contributed by atoms with van der Waals surface area (Å²) >= 11 is 0. The van der Waals surface area contributed by atoms with E-state index in [9.17, 15) is 9.90 Å². The van der Waals surface area contributed by atoms with Crippen LogP contribution in [-0.2, 0) is 9.53 Å². The number of carboxylic acids is 1. The molecule has 0 aliphatic heterocycles. The molecule has 3 rings (SSSR count). The SMILES string of the molecule is COC(=Cc1c(OC)ncnc1Oc1cccc(Oc2ccccc2)c1)C(=O)O. The van der Waals surface area contributed by atoms with Gasteiger partial charge in [-0.15, -0.1) is 0 Å². The molecule has 0 amide bonds. The number of rotatable bonds is 8. The molecular weight excluding hydrogens is 376 g/mol. The Kier molecular flexibility index (Phi) is 6.26. The third kappa shape index (κ3) is 5.01. The Labute approximate surface area is 167 Å². The van der Waals surface area contributed by atoms with Gasteiger partial charge < -0.3 is 24.1 Å². The highest BCUT2D eigenvalue weighted by Gasteiger charge is 2.17. The van der Waals surface area contributed by atoms with Crippen molar-refractivity contribution in [3.05, 3.63) is 72.2 Å². The predicted octanol–water partition coefficient (Wildman–Crippen LogP) is 4.14. The molecule has 0 bridgehead atoms. The van der Waals surface area contributed by atoms with Crippen molar-refractivity contribution in [2.24, 2.45) is 0 Å². The van der Waals surface area contributed by atoms with Gasteiger partial charge in [-0.1, -0.05) is 24.3 Å². The number of aromatic nitrogens is 2. The molecule has 29 heavy (non-hydrogen) atoms.